The lowest BCUT2D eigenvalue weighted by molar-refractivity contribution is -0.118. The molecule has 0 radical (unpaired) electrons. The molecule has 0 aromatic carbocycles. The summed E-state index contributed by atoms with van der Waals surface area (Å²) in [4.78, 5) is 49.9. The second-order valence-electron chi connectivity index (χ2n) is 7.57. The van der Waals surface area contributed by atoms with E-state index in [9.17, 15) is 29.4 Å². The van der Waals surface area contributed by atoms with Crippen LogP contribution in [0.2, 0.25) is 0 Å². The summed E-state index contributed by atoms with van der Waals surface area (Å²) >= 11 is 5.24. The van der Waals surface area contributed by atoms with Gasteiger partial charge in [-0.15, -0.1) is 45.3 Å². The van der Waals surface area contributed by atoms with Crippen molar-refractivity contribution in [3.05, 3.63) is 56.9 Å². The van der Waals surface area contributed by atoms with Gasteiger partial charge in [-0.25, -0.2) is 9.59 Å². The van der Waals surface area contributed by atoms with Gasteiger partial charge in [-0.1, -0.05) is 12.1 Å². The molecule has 0 spiro atoms. The molecule has 36 heavy (non-hydrogen) atoms. The van der Waals surface area contributed by atoms with E-state index in [1.54, 1.807) is 10.8 Å². The Hall–Kier alpha value is -3.32. The molecule has 0 fully saturated rings. The van der Waals surface area contributed by atoms with Gasteiger partial charge in [0.1, 0.15) is 21.1 Å². The maximum Gasteiger partial charge on any atom is 0.339 e. The largest absolute Gasteiger partial charge is 0.478 e. The van der Waals surface area contributed by atoms with Crippen LogP contribution in [0.5, 0.6) is 0 Å². The van der Waals surface area contributed by atoms with Crippen LogP contribution in [0.25, 0.3) is 20.9 Å². The number of anilines is 2. The van der Waals surface area contributed by atoms with Crippen LogP contribution in [0.1, 0.15) is 40.0 Å². The zero-order valence-corrected chi connectivity index (χ0v) is 21.9. The maximum atomic E-state index is 12.4. The normalized spacial score (nSPS) is 10.8. The first kappa shape index (κ1) is 25.8. The first-order chi connectivity index (χ1) is 17.3. The van der Waals surface area contributed by atoms with Crippen molar-refractivity contribution in [1.82, 2.24) is 0 Å². The van der Waals surface area contributed by atoms with E-state index in [0.29, 0.717) is 16.1 Å². The average molecular weight is 561 g/mol. The minimum Gasteiger partial charge on any atom is -0.478 e. The zero-order chi connectivity index (χ0) is 25.7. The van der Waals surface area contributed by atoms with Crippen LogP contribution in [0.3, 0.4) is 0 Å². The fourth-order valence-corrected chi connectivity index (χ4v) is 7.06. The van der Waals surface area contributed by atoms with Gasteiger partial charge in [-0.2, -0.15) is 0 Å². The zero-order valence-electron chi connectivity index (χ0n) is 18.6. The number of carboxylic acids is 2. The van der Waals surface area contributed by atoms with Gasteiger partial charge < -0.3 is 20.8 Å². The van der Waals surface area contributed by atoms with Crippen LogP contribution in [0.15, 0.2) is 45.8 Å². The van der Waals surface area contributed by atoms with Gasteiger partial charge in [0, 0.05) is 44.5 Å². The van der Waals surface area contributed by atoms with E-state index in [1.165, 1.54) is 34.0 Å². The van der Waals surface area contributed by atoms with Crippen LogP contribution in [0, 0.1) is 0 Å². The molecule has 4 heterocycles. The summed E-state index contributed by atoms with van der Waals surface area (Å²) in [6.45, 7) is -0.0510. The molecule has 4 aromatic rings. The number of nitrogens with one attached hydrogen (secondary N) is 2. The van der Waals surface area contributed by atoms with Gasteiger partial charge in [0.05, 0.1) is 6.54 Å². The molecule has 186 valence electrons. The molecular weight excluding hydrogens is 541 g/mol. The molecule has 0 aliphatic carbocycles. The van der Waals surface area contributed by atoms with Gasteiger partial charge in [0.2, 0.25) is 5.91 Å². The summed E-state index contributed by atoms with van der Waals surface area (Å²) < 4.78 is 0. The Morgan fingerprint density at radius 1 is 0.750 bits per heavy atom. The van der Waals surface area contributed by atoms with Crippen LogP contribution in [0.4, 0.5) is 10.0 Å². The summed E-state index contributed by atoms with van der Waals surface area (Å²) in [7, 11) is 0. The second kappa shape index (κ2) is 11.6. The standard InChI is InChI=1S/C24H20N2O6S4/c27-13(10-25-21-19(23(29)30)14(11-35-21)16-5-2-8-33-16)4-1-7-18(28)26-22-20(24(31)32)15(12-36-22)17-6-3-9-34-17/h2-3,5-6,8-9,11-12,25H,1,4,7,10H2,(H,26,28)(H,29,30)(H,31,32). The van der Waals surface area contributed by atoms with E-state index in [0.717, 1.165) is 21.1 Å². The molecule has 12 heteroatoms. The summed E-state index contributed by atoms with van der Waals surface area (Å²) in [6, 6.07) is 7.34. The summed E-state index contributed by atoms with van der Waals surface area (Å²) in [5, 5.41) is 32.7. The number of ketones is 1. The van der Waals surface area contributed by atoms with E-state index >= 15 is 0 Å². The van der Waals surface area contributed by atoms with E-state index in [2.05, 4.69) is 10.6 Å². The first-order valence-electron chi connectivity index (χ1n) is 10.7. The average Bonchev–Trinajstić information content (AvgIpc) is 3.63. The van der Waals surface area contributed by atoms with Crippen LogP contribution in [-0.4, -0.2) is 40.4 Å². The highest BCUT2D eigenvalue weighted by Gasteiger charge is 2.22. The van der Waals surface area contributed by atoms with Gasteiger partial charge in [-0.05, 0) is 29.3 Å². The van der Waals surface area contributed by atoms with Crippen molar-refractivity contribution in [1.29, 1.82) is 0 Å². The van der Waals surface area contributed by atoms with Crippen LogP contribution in [-0.2, 0) is 9.59 Å². The molecule has 0 saturated carbocycles. The van der Waals surface area contributed by atoms with Crippen molar-refractivity contribution in [3.8, 4) is 20.9 Å². The highest BCUT2D eigenvalue weighted by atomic mass is 32.1. The number of aromatic carboxylic acids is 2. The summed E-state index contributed by atoms with van der Waals surface area (Å²) in [5.41, 5.74) is 1.38. The quantitative estimate of drug-likeness (QED) is 0.156. The molecule has 0 atom stereocenters. The number of carboxylic acid groups (broad SMARTS) is 2. The van der Waals surface area contributed by atoms with Gasteiger partial charge in [0.25, 0.3) is 0 Å². The Bertz CT molecular complexity index is 1390. The first-order valence-corrected chi connectivity index (χ1v) is 14.2. The van der Waals surface area contributed by atoms with E-state index < -0.39 is 11.9 Å². The molecule has 0 bridgehead atoms. The molecule has 0 aliphatic heterocycles. The van der Waals surface area contributed by atoms with Crippen molar-refractivity contribution >= 4 is 79.0 Å². The number of carbonyl (C=O) groups excluding carboxylic acids is 2. The third-order valence-corrected chi connectivity index (χ3v) is 8.78. The SMILES string of the molecule is O=C(CCCC(=O)Nc1scc(-c2cccs2)c1C(=O)O)CNc1scc(-c2cccs2)c1C(=O)O. The number of hydrogen-bond donors (Lipinski definition) is 4. The molecule has 4 aromatic heterocycles. The predicted molar refractivity (Wildman–Crippen MR) is 145 cm³/mol. The van der Waals surface area contributed by atoms with E-state index in [-0.39, 0.29) is 53.6 Å². The van der Waals surface area contributed by atoms with Crippen molar-refractivity contribution in [2.75, 3.05) is 17.2 Å². The Morgan fingerprint density at radius 3 is 1.83 bits per heavy atom. The number of rotatable bonds is 12. The minimum atomic E-state index is -1.12. The number of hydrogen-bond acceptors (Lipinski definition) is 9. The number of Topliss-reactive ketones (excluding diaryl/α,β-unsaturated/α-hetero) is 1. The topological polar surface area (TPSA) is 133 Å². The highest BCUT2D eigenvalue weighted by molar-refractivity contribution is 7.17. The Kier molecular flexibility index (Phi) is 8.31. The smallest absolute Gasteiger partial charge is 0.339 e. The third kappa shape index (κ3) is 5.90. The molecule has 4 rings (SSSR count). The lowest BCUT2D eigenvalue weighted by Crippen LogP contribution is -2.16. The number of carbonyl (C=O) groups is 4. The lowest BCUT2D eigenvalue weighted by atomic mass is 10.1. The molecule has 1 amide bonds. The van der Waals surface area contributed by atoms with Crippen molar-refractivity contribution in [2.24, 2.45) is 0 Å². The fraction of sp³-hybridized carbons (Fsp3) is 0.167. The molecule has 4 N–H and O–H groups in total. The number of thiophene rings is 4. The Labute approximate surface area is 221 Å². The summed E-state index contributed by atoms with van der Waals surface area (Å²) in [6.07, 6.45) is 0.468. The molecule has 0 saturated heterocycles. The second-order valence-corrected chi connectivity index (χ2v) is 11.2. The third-order valence-electron chi connectivity index (χ3n) is 5.14. The van der Waals surface area contributed by atoms with Crippen LogP contribution >= 0.6 is 45.3 Å². The Morgan fingerprint density at radius 2 is 1.31 bits per heavy atom. The fourth-order valence-electron chi connectivity index (χ4n) is 3.49. The van der Waals surface area contributed by atoms with Crippen molar-refractivity contribution in [3.63, 3.8) is 0 Å². The molecular formula is C24H20N2O6S4. The number of amides is 1. The molecule has 0 unspecified atom stereocenters. The summed E-state index contributed by atoms with van der Waals surface area (Å²) in [5.74, 6) is -2.71. The maximum absolute atomic E-state index is 12.4. The van der Waals surface area contributed by atoms with Gasteiger partial charge in [0.15, 0.2) is 5.78 Å². The lowest BCUT2D eigenvalue weighted by Gasteiger charge is -2.07. The van der Waals surface area contributed by atoms with Crippen molar-refractivity contribution < 1.29 is 29.4 Å². The predicted octanol–water partition coefficient (Wildman–Crippen LogP) is 6.45. The monoisotopic (exact) mass is 560 g/mol. The van der Waals surface area contributed by atoms with E-state index in [1.807, 2.05) is 35.0 Å². The molecule has 8 nitrogen and oxygen atoms in total. The van der Waals surface area contributed by atoms with Gasteiger partial charge in [-0.3, -0.25) is 9.59 Å². The van der Waals surface area contributed by atoms with Gasteiger partial charge >= 0.3 is 11.9 Å². The van der Waals surface area contributed by atoms with Crippen LogP contribution < -0.4 is 10.6 Å². The minimum absolute atomic E-state index is 0.0510. The van der Waals surface area contributed by atoms with Crippen molar-refractivity contribution in [2.45, 2.75) is 19.3 Å². The van der Waals surface area contributed by atoms with E-state index in [4.69, 9.17) is 0 Å². The molecule has 0 aliphatic rings. The Balaban J connectivity index is 1.28. The highest BCUT2D eigenvalue weighted by Crippen LogP contribution is 2.38.